The van der Waals surface area contributed by atoms with Crippen molar-refractivity contribution >= 4 is 17.4 Å². The lowest BCUT2D eigenvalue weighted by molar-refractivity contribution is -0.227. The van der Waals surface area contributed by atoms with Gasteiger partial charge in [-0.25, -0.2) is 9.18 Å². The van der Waals surface area contributed by atoms with Crippen molar-refractivity contribution in [3.63, 3.8) is 0 Å². The Labute approximate surface area is 221 Å². The fourth-order valence-electron chi connectivity index (χ4n) is 5.36. The van der Waals surface area contributed by atoms with Crippen LogP contribution in [0.4, 0.5) is 10.1 Å². The number of anilines is 1. The van der Waals surface area contributed by atoms with Gasteiger partial charge in [-0.1, -0.05) is 44.2 Å². The minimum atomic E-state index is -2.16. The van der Waals surface area contributed by atoms with Crippen molar-refractivity contribution in [2.24, 2.45) is 5.41 Å². The Morgan fingerprint density at radius 2 is 1.79 bits per heavy atom. The maximum Gasteiger partial charge on any atom is 0.351 e. The maximum absolute atomic E-state index is 16.6. The molecule has 2 fully saturated rings. The number of ether oxygens (including phenoxy) is 5. The van der Waals surface area contributed by atoms with E-state index in [0.29, 0.717) is 30.0 Å². The second-order valence-corrected chi connectivity index (χ2v) is 10.7. The zero-order chi connectivity index (χ0) is 27.2. The van der Waals surface area contributed by atoms with Crippen molar-refractivity contribution in [1.29, 1.82) is 0 Å². The summed E-state index contributed by atoms with van der Waals surface area (Å²) in [6.07, 6.45) is -0.642. The number of ketones is 1. The Kier molecular flexibility index (Phi) is 7.06. The highest BCUT2D eigenvalue weighted by molar-refractivity contribution is 6.21. The smallest absolute Gasteiger partial charge is 0.351 e. The molecule has 9 heteroatoms. The molecule has 1 aliphatic carbocycles. The summed E-state index contributed by atoms with van der Waals surface area (Å²) in [6.45, 7) is 6.24. The SMILES string of the molecule is CCOC(=O)C1(OC)C(=O)c2c(cc(-c3ccccc3)c(F)c2C2OCC(C)(C)CO2)N(C2CC2)C1OC. The summed E-state index contributed by atoms with van der Waals surface area (Å²) >= 11 is 0. The number of Topliss-reactive ketones (excluding diaryl/α,β-unsaturated/α-hetero) is 1. The van der Waals surface area contributed by atoms with Crippen molar-refractivity contribution in [3.05, 3.63) is 53.3 Å². The lowest BCUT2D eigenvalue weighted by Gasteiger charge is -2.48. The second kappa shape index (κ2) is 10.0. The van der Waals surface area contributed by atoms with Crippen molar-refractivity contribution < 1.29 is 37.7 Å². The highest BCUT2D eigenvalue weighted by Crippen LogP contribution is 2.50. The minimum absolute atomic E-state index is 0.0120. The van der Waals surface area contributed by atoms with Crippen LogP contribution in [-0.2, 0) is 28.5 Å². The molecule has 2 unspecified atom stereocenters. The normalized spacial score (nSPS) is 25.3. The van der Waals surface area contributed by atoms with Crippen LogP contribution in [0.2, 0.25) is 0 Å². The van der Waals surface area contributed by atoms with Gasteiger partial charge in [0.05, 0.1) is 36.6 Å². The fourth-order valence-corrected chi connectivity index (χ4v) is 5.36. The van der Waals surface area contributed by atoms with E-state index in [1.54, 1.807) is 25.1 Å². The summed E-state index contributed by atoms with van der Waals surface area (Å²) in [6, 6.07) is 10.7. The molecule has 2 atom stereocenters. The second-order valence-electron chi connectivity index (χ2n) is 10.7. The first-order chi connectivity index (χ1) is 18.2. The number of carbonyl (C=O) groups excluding carboxylic acids is 2. The molecule has 0 aromatic heterocycles. The Morgan fingerprint density at radius 3 is 2.34 bits per heavy atom. The molecule has 204 valence electrons. The van der Waals surface area contributed by atoms with Gasteiger partial charge in [-0.15, -0.1) is 0 Å². The number of benzene rings is 2. The third-order valence-corrected chi connectivity index (χ3v) is 7.36. The Bertz CT molecular complexity index is 1220. The molecule has 0 amide bonds. The molecule has 2 aromatic rings. The van der Waals surface area contributed by atoms with Crippen LogP contribution in [0.5, 0.6) is 0 Å². The molecular formula is C29H34FNO7. The lowest BCUT2D eigenvalue weighted by Crippen LogP contribution is -2.68. The molecule has 0 bridgehead atoms. The molecule has 0 N–H and O–H groups in total. The van der Waals surface area contributed by atoms with Crippen LogP contribution in [0.1, 0.15) is 55.8 Å². The molecular weight excluding hydrogens is 493 g/mol. The van der Waals surface area contributed by atoms with Gasteiger partial charge in [0.2, 0.25) is 5.78 Å². The van der Waals surface area contributed by atoms with Gasteiger partial charge in [0, 0.05) is 31.2 Å². The predicted octanol–water partition coefficient (Wildman–Crippen LogP) is 4.65. The van der Waals surface area contributed by atoms with Crippen molar-refractivity contribution in [1.82, 2.24) is 0 Å². The van der Waals surface area contributed by atoms with Gasteiger partial charge in [0.15, 0.2) is 12.5 Å². The minimum Gasteiger partial charge on any atom is -0.463 e. The molecule has 38 heavy (non-hydrogen) atoms. The topological polar surface area (TPSA) is 83.5 Å². The van der Waals surface area contributed by atoms with Crippen LogP contribution in [0.15, 0.2) is 36.4 Å². The highest BCUT2D eigenvalue weighted by Gasteiger charge is 2.64. The number of hydrogen-bond acceptors (Lipinski definition) is 8. The number of nitrogens with zero attached hydrogens (tertiary/aromatic N) is 1. The van der Waals surface area contributed by atoms with Crippen LogP contribution in [0.3, 0.4) is 0 Å². The van der Waals surface area contributed by atoms with Gasteiger partial charge in [0.25, 0.3) is 5.60 Å². The molecule has 1 saturated heterocycles. The van der Waals surface area contributed by atoms with Crippen molar-refractivity contribution in [3.8, 4) is 11.1 Å². The molecule has 5 rings (SSSR count). The predicted molar refractivity (Wildman–Crippen MR) is 137 cm³/mol. The first-order valence-corrected chi connectivity index (χ1v) is 12.9. The van der Waals surface area contributed by atoms with Crippen LogP contribution in [0.25, 0.3) is 11.1 Å². The number of fused-ring (bicyclic) bond motifs is 1. The standard InChI is InChI=1S/C29H34FNO7/c1-6-36-27(33)29(35-5)24(32)21-20(31(18-12-13-18)26(29)34-4)14-19(17-10-8-7-9-11-17)23(30)22(21)25-37-15-28(2,3)16-38-25/h7-11,14,18,25-26H,6,12-13,15-16H2,1-5H3. The van der Waals surface area contributed by atoms with E-state index in [9.17, 15) is 9.59 Å². The van der Waals surface area contributed by atoms with Gasteiger partial charge >= 0.3 is 5.97 Å². The summed E-state index contributed by atoms with van der Waals surface area (Å²) < 4.78 is 45.5. The molecule has 8 nitrogen and oxygen atoms in total. The van der Waals surface area contributed by atoms with Gasteiger partial charge in [0.1, 0.15) is 5.82 Å². The van der Waals surface area contributed by atoms with Gasteiger partial charge < -0.3 is 28.6 Å². The summed E-state index contributed by atoms with van der Waals surface area (Å²) in [7, 11) is 2.69. The lowest BCUT2D eigenvalue weighted by atomic mass is 9.80. The summed E-state index contributed by atoms with van der Waals surface area (Å²) in [5, 5.41) is 0. The molecule has 0 spiro atoms. The summed E-state index contributed by atoms with van der Waals surface area (Å²) in [5.41, 5.74) is -1.12. The number of esters is 1. The van der Waals surface area contributed by atoms with Crippen LogP contribution < -0.4 is 4.90 Å². The zero-order valence-corrected chi connectivity index (χ0v) is 22.4. The Balaban J connectivity index is 1.80. The monoisotopic (exact) mass is 527 g/mol. The van der Waals surface area contributed by atoms with E-state index in [1.165, 1.54) is 14.2 Å². The first-order valence-electron chi connectivity index (χ1n) is 12.9. The highest BCUT2D eigenvalue weighted by atomic mass is 19.1. The number of hydrogen-bond donors (Lipinski definition) is 0. The number of rotatable bonds is 7. The number of halogens is 1. The fraction of sp³-hybridized carbons (Fsp3) is 0.517. The maximum atomic E-state index is 16.6. The van der Waals surface area contributed by atoms with Crippen molar-refractivity contribution in [2.75, 3.05) is 38.9 Å². The molecule has 2 heterocycles. The van der Waals surface area contributed by atoms with E-state index in [2.05, 4.69) is 0 Å². The summed E-state index contributed by atoms with van der Waals surface area (Å²) in [4.78, 5) is 29.7. The average molecular weight is 528 g/mol. The van der Waals surface area contributed by atoms with E-state index < -0.39 is 35.7 Å². The molecule has 0 radical (unpaired) electrons. The van der Waals surface area contributed by atoms with Crippen molar-refractivity contribution in [2.45, 2.75) is 57.8 Å². The van der Waals surface area contributed by atoms with Crippen LogP contribution in [-0.4, -0.2) is 63.7 Å². The quantitative estimate of drug-likeness (QED) is 0.380. The molecule has 2 aliphatic heterocycles. The third-order valence-electron chi connectivity index (χ3n) is 7.36. The Morgan fingerprint density at radius 1 is 1.13 bits per heavy atom. The van der Waals surface area contributed by atoms with Crippen LogP contribution in [0, 0.1) is 11.2 Å². The van der Waals surface area contributed by atoms with E-state index in [-0.39, 0.29) is 29.2 Å². The molecule has 3 aliphatic rings. The Hall–Kier alpha value is -2.85. The molecule has 1 saturated carbocycles. The molecule has 2 aromatic carbocycles. The van der Waals surface area contributed by atoms with Gasteiger partial charge in [-0.3, -0.25) is 4.79 Å². The van der Waals surface area contributed by atoms with Gasteiger partial charge in [-0.2, -0.15) is 0 Å². The number of carbonyl (C=O) groups is 2. The van der Waals surface area contributed by atoms with E-state index in [4.69, 9.17) is 23.7 Å². The van der Waals surface area contributed by atoms with E-state index >= 15 is 4.39 Å². The average Bonchev–Trinajstić information content (AvgIpc) is 3.75. The summed E-state index contributed by atoms with van der Waals surface area (Å²) in [5.74, 6) is -2.28. The first kappa shape index (κ1) is 26.7. The van der Waals surface area contributed by atoms with E-state index in [1.807, 2.05) is 36.9 Å². The van der Waals surface area contributed by atoms with Crippen LogP contribution >= 0.6 is 0 Å². The number of methoxy groups -OCH3 is 2. The third kappa shape index (κ3) is 4.22. The van der Waals surface area contributed by atoms with Gasteiger partial charge in [-0.05, 0) is 31.4 Å². The van der Waals surface area contributed by atoms with E-state index in [0.717, 1.165) is 12.8 Å². The largest absolute Gasteiger partial charge is 0.463 e. The zero-order valence-electron chi connectivity index (χ0n) is 22.4.